The van der Waals surface area contributed by atoms with Gasteiger partial charge in [0.05, 0.1) is 0 Å². The summed E-state index contributed by atoms with van der Waals surface area (Å²) in [6, 6.07) is 3.22. The van der Waals surface area contributed by atoms with Gasteiger partial charge in [0.25, 0.3) is 5.91 Å². The van der Waals surface area contributed by atoms with Crippen molar-refractivity contribution in [2.24, 2.45) is 5.73 Å². The van der Waals surface area contributed by atoms with Gasteiger partial charge in [-0.15, -0.1) is 10.2 Å². The van der Waals surface area contributed by atoms with Gasteiger partial charge in [0.1, 0.15) is 5.82 Å². The third kappa shape index (κ3) is 4.22. The molecule has 1 aromatic rings. The molecule has 1 heterocycles. The second-order valence-electron chi connectivity index (χ2n) is 3.15. The Labute approximate surface area is 94.2 Å². The van der Waals surface area contributed by atoms with Gasteiger partial charge < -0.3 is 15.8 Å². The predicted molar refractivity (Wildman–Crippen MR) is 60.1 cm³/mol. The Balaban J connectivity index is 2.29. The van der Waals surface area contributed by atoms with Crippen LogP contribution >= 0.6 is 0 Å². The van der Waals surface area contributed by atoms with Crippen LogP contribution < -0.4 is 11.1 Å². The van der Waals surface area contributed by atoms with E-state index in [-0.39, 0.29) is 5.69 Å². The summed E-state index contributed by atoms with van der Waals surface area (Å²) in [5.74, 6) is 0.0527. The topological polar surface area (TPSA) is 90.1 Å². The van der Waals surface area contributed by atoms with Crippen LogP contribution in [0.1, 0.15) is 23.8 Å². The minimum absolute atomic E-state index is 0.167. The van der Waals surface area contributed by atoms with E-state index in [0.717, 1.165) is 26.2 Å². The Morgan fingerprint density at radius 1 is 1.50 bits per heavy atom. The third-order valence-corrected chi connectivity index (χ3v) is 1.89. The third-order valence-electron chi connectivity index (χ3n) is 1.89. The summed E-state index contributed by atoms with van der Waals surface area (Å²) in [6.45, 7) is 4.16. The van der Waals surface area contributed by atoms with E-state index in [0.29, 0.717) is 5.82 Å². The Morgan fingerprint density at radius 2 is 2.31 bits per heavy atom. The van der Waals surface area contributed by atoms with E-state index >= 15 is 0 Å². The molecule has 88 valence electrons. The number of hydrogen-bond acceptors (Lipinski definition) is 5. The van der Waals surface area contributed by atoms with E-state index in [1.807, 2.05) is 6.92 Å². The first-order chi connectivity index (χ1) is 7.74. The van der Waals surface area contributed by atoms with Crippen LogP contribution in [0, 0.1) is 0 Å². The monoisotopic (exact) mass is 224 g/mol. The number of nitrogens with two attached hydrogens (primary N) is 1. The SMILES string of the molecule is CCOCCCNc1ccc(C(N)=O)nn1. The van der Waals surface area contributed by atoms with Gasteiger partial charge in [0.2, 0.25) is 0 Å². The summed E-state index contributed by atoms with van der Waals surface area (Å²) < 4.78 is 5.18. The molecule has 0 atom stereocenters. The molecule has 0 fully saturated rings. The molecular formula is C10H16N4O2. The molecule has 0 saturated carbocycles. The van der Waals surface area contributed by atoms with Crippen LogP contribution in [-0.4, -0.2) is 35.9 Å². The van der Waals surface area contributed by atoms with Crippen molar-refractivity contribution < 1.29 is 9.53 Å². The molecule has 0 unspecified atom stereocenters. The van der Waals surface area contributed by atoms with Crippen LogP contribution in [0.2, 0.25) is 0 Å². The number of primary amides is 1. The van der Waals surface area contributed by atoms with Gasteiger partial charge in [-0.1, -0.05) is 0 Å². The standard InChI is InChI=1S/C10H16N4O2/c1-2-16-7-3-6-12-9-5-4-8(10(11)15)13-14-9/h4-5H,2-3,6-7H2,1H3,(H2,11,15)(H,12,14). The van der Waals surface area contributed by atoms with Crippen LogP contribution in [0.15, 0.2) is 12.1 Å². The lowest BCUT2D eigenvalue weighted by molar-refractivity contribution is 0.0994. The number of anilines is 1. The molecule has 16 heavy (non-hydrogen) atoms. The van der Waals surface area contributed by atoms with E-state index in [4.69, 9.17) is 10.5 Å². The van der Waals surface area contributed by atoms with Crippen molar-refractivity contribution in [2.45, 2.75) is 13.3 Å². The van der Waals surface area contributed by atoms with Crippen molar-refractivity contribution in [1.82, 2.24) is 10.2 Å². The minimum atomic E-state index is -0.574. The van der Waals surface area contributed by atoms with Crippen molar-refractivity contribution in [2.75, 3.05) is 25.1 Å². The van der Waals surface area contributed by atoms with E-state index in [1.165, 1.54) is 0 Å². The molecule has 0 saturated heterocycles. The second kappa shape index (κ2) is 6.73. The van der Waals surface area contributed by atoms with Gasteiger partial charge in [-0.2, -0.15) is 0 Å². The van der Waals surface area contributed by atoms with Crippen molar-refractivity contribution in [3.63, 3.8) is 0 Å². The highest BCUT2D eigenvalue weighted by atomic mass is 16.5. The largest absolute Gasteiger partial charge is 0.382 e. The fourth-order valence-electron chi connectivity index (χ4n) is 1.09. The first-order valence-corrected chi connectivity index (χ1v) is 5.19. The molecule has 0 bridgehead atoms. The fourth-order valence-corrected chi connectivity index (χ4v) is 1.09. The molecule has 0 aliphatic carbocycles. The summed E-state index contributed by atoms with van der Waals surface area (Å²) in [5.41, 5.74) is 5.21. The Bertz CT molecular complexity index is 326. The molecule has 1 amide bonds. The average Bonchev–Trinajstić information content (AvgIpc) is 2.29. The number of hydrogen-bond donors (Lipinski definition) is 2. The first kappa shape index (κ1) is 12.4. The molecule has 0 radical (unpaired) electrons. The zero-order chi connectivity index (χ0) is 11.8. The number of amides is 1. The number of nitrogens with zero attached hydrogens (tertiary/aromatic N) is 2. The van der Waals surface area contributed by atoms with Crippen molar-refractivity contribution in [1.29, 1.82) is 0 Å². The quantitative estimate of drug-likeness (QED) is 0.655. The van der Waals surface area contributed by atoms with Crippen LogP contribution in [0.4, 0.5) is 5.82 Å². The maximum atomic E-state index is 10.7. The lowest BCUT2D eigenvalue weighted by Crippen LogP contribution is -2.14. The molecule has 1 rings (SSSR count). The zero-order valence-electron chi connectivity index (χ0n) is 9.27. The van der Waals surface area contributed by atoms with Crippen molar-refractivity contribution in [3.05, 3.63) is 17.8 Å². The van der Waals surface area contributed by atoms with Gasteiger partial charge in [-0.05, 0) is 25.5 Å². The van der Waals surface area contributed by atoms with E-state index in [9.17, 15) is 4.79 Å². The van der Waals surface area contributed by atoms with Crippen molar-refractivity contribution in [3.8, 4) is 0 Å². The fraction of sp³-hybridized carbons (Fsp3) is 0.500. The van der Waals surface area contributed by atoms with Crippen LogP contribution in [0.25, 0.3) is 0 Å². The molecule has 1 aromatic heterocycles. The Kier molecular flexibility index (Phi) is 5.21. The molecule has 0 aliphatic heterocycles. The minimum Gasteiger partial charge on any atom is -0.382 e. The highest BCUT2D eigenvalue weighted by molar-refractivity contribution is 5.90. The number of rotatable bonds is 7. The maximum absolute atomic E-state index is 10.7. The summed E-state index contributed by atoms with van der Waals surface area (Å²) in [7, 11) is 0. The Morgan fingerprint density at radius 3 is 2.88 bits per heavy atom. The number of nitrogens with one attached hydrogen (secondary N) is 1. The molecule has 3 N–H and O–H groups in total. The van der Waals surface area contributed by atoms with Crippen LogP contribution in [0.3, 0.4) is 0 Å². The molecule has 6 heteroatoms. The second-order valence-corrected chi connectivity index (χ2v) is 3.15. The average molecular weight is 224 g/mol. The number of carbonyl (C=O) groups excluding carboxylic acids is 1. The normalized spacial score (nSPS) is 10.1. The maximum Gasteiger partial charge on any atom is 0.269 e. The smallest absolute Gasteiger partial charge is 0.269 e. The number of ether oxygens (including phenoxy) is 1. The molecule has 0 spiro atoms. The highest BCUT2D eigenvalue weighted by Crippen LogP contribution is 2.01. The van der Waals surface area contributed by atoms with Gasteiger partial charge in [0, 0.05) is 19.8 Å². The van der Waals surface area contributed by atoms with Gasteiger partial charge >= 0.3 is 0 Å². The van der Waals surface area contributed by atoms with Crippen molar-refractivity contribution >= 4 is 11.7 Å². The number of carbonyl (C=O) groups is 1. The van der Waals surface area contributed by atoms with E-state index in [2.05, 4.69) is 15.5 Å². The molecule has 6 nitrogen and oxygen atoms in total. The summed E-state index contributed by atoms with van der Waals surface area (Å²) in [4.78, 5) is 10.7. The summed E-state index contributed by atoms with van der Waals surface area (Å²) >= 11 is 0. The molecular weight excluding hydrogens is 208 g/mol. The van der Waals surface area contributed by atoms with Gasteiger partial charge in [0.15, 0.2) is 5.69 Å². The van der Waals surface area contributed by atoms with Crippen LogP contribution in [-0.2, 0) is 4.74 Å². The summed E-state index contributed by atoms with van der Waals surface area (Å²) in [5, 5.41) is 10.6. The number of aromatic nitrogens is 2. The lowest BCUT2D eigenvalue weighted by Gasteiger charge is -2.04. The first-order valence-electron chi connectivity index (χ1n) is 5.19. The predicted octanol–water partition coefficient (Wildman–Crippen LogP) is 0.414. The van der Waals surface area contributed by atoms with Gasteiger partial charge in [-0.25, -0.2) is 0 Å². The van der Waals surface area contributed by atoms with E-state index < -0.39 is 5.91 Å². The highest BCUT2D eigenvalue weighted by Gasteiger charge is 2.02. The molecule has 0 aliphatic rings. The molecule has 0 aromatic carbocycles. The van der Waals surface area contributed by atoms with Gasteiger partial charge in [-0.3, -0.25) is 4.79 Å². The van der Waals surface area contributed by atoms with E-state index in [1.54, 1.807) is 12.1 Å². The lowest BCUT2D eigenvalue weighted by atomic mass is 10.3. The summed E-state index contributed by atoms with van der Waals surface area (Å²) in [6.07, 6.45) is 0.896. The van der Waals surface area contributed by atoms with Crippen LogP contribution in [0.5, 0.6) is 0 Å². The zero-order valence-corrected chi connectivity index (χ0v) is 9.27. The Hall–Kier alpha value is -1.69.